The van der Waals surface area contributed by atoms with Gasteiger partial charge in [0.05, 0.1) is 7.11 Å². The lowest BCUT2D eigenvalue weighted by atomic mass is 10.1. The molecule has 0 radical (unpaired) electrons. The summed E-state index contributed by atoms with van der Waals surface area (Å²) >= 11 is 1.66. The molecule has 0 aliphatic carbocycles. The lowest BCUT2D eigenvalue weighted by molar-refractivity contribution is 0.418. The van der Waals surface area contributed by atoms with E-state index in [1.807, 2.05) is 48.7 Å². The summed E-state index contributed by atoms with van der Waals surface area (Å²) in [5, 5.41) is 10.1. The predicted molar refractivity (Wildman–Crippen MR) is 91.3 cm³/mol. The lowest BCUT2D eigenvalue weighted by Crippen LogP contribution is -1.94. The average molecular weight is 322 g/mol. The zero-order valence-electron chi connectivity index (χ0n) is 12.7. The molecule has 0 fully saturated rings. The van der Waals surface area contributed by atoms with Crippen molar-refractivity contribution < 1.29 is 9.47 Å². The Hall–Kier alpha value is -2.71. The summed E-state index contributed by atoms with van der Waals surface area (Å²) in [6, 6.07) is 15.4. The zero-order chi connectivity index (χ0) is 16.2. The minimum absolute atomic E-state index is 0.389. The van der Waals surface area contributed by atoms with E-state index in [0.717, 1.165) is 10.3 Å². The molecule has 0 aliphatic heterocycles. The highest BCUT2D eigenvalue weighted by Gasteiger charge is 2.14. The van der Waals surface area contributed by atoms with E-state index in [2.05, 4.69) is 11.1 Å². The SMILES string of the molecule is COc1cccc2c(Oc3ccc(SC)cc3)c(C#N)cnc12. The van der Waals surface area contributed by atoms with Crippen molar-refractivity contribution in [2.75, 3.05) is 13.4 Å². The molecule has 0 saturated carbocycles. The molecule has 0 N–H and O–H groups in total. The fourth-order valence-corrected chi connectivity index (χ4v) is 2.70. The Bertz CT molecular complexity index is 886. The van der Waals surface area contributed by atoms with E-state index >= 15 is 0 Å². The topological polar surface area (TPSA) is 55.1 Å². The Labute approximate surface area is 138 Å². The fourth-order valence-electron chi connectivity index (χ4n) is 2.29. The number of nitrogens with zero attached hydrogens (tertiary/aromatic N) is 2. The largest absolute Gasteiger partial charge is 0.494 e. The summed E-state index contributed by atoms with van der Waals surface area (Å²) in [7, 11) is 1.59. The van der Waals surface area contributed by atoms with Gasteiger partial charge in [-0.2, -0.15) is 5.26 Å². The number of aromatic nitrogens is 1. The number of nitriles is 1. The second-order valence-electron chi connectivity index (χ2n) is 4.75. The Morgan fingerprint density at radius 1 is 1.13 bits per heavy atom. The van der Waals surface area contributed by atoms with Crippen molar-refractivity contribution in [2.24, 2.45) is 0 Å². The molecule has 3 aromatic rings. The van der Waals surface area contributed by atoms with E-state index in [0.29, 0.717) is 28.3 Å². The van der Waals surface area contributed by atoms with Gasteiger partial charge in [0, 0.05) is 16.5 Å². The number of ether oxygens (including phenoxy) is 2. The molecular formula is C18H14N2O2S. The van der Waals surface area contributed by atoms with Crippen molar-refractivity contribution in [3.05, 3.63) is 54.2 Å². The average Bonchev–Trinajstić information content (AvgIpc) is 2.62. The van der Waals surface area contributed by atoms with Crippen molar-refractivity contribution in [2.45, 2.75) is 4.90 Å². The summed E-state index contributed by atoms with van der Waals surface area (Å²) in [5.74, 6) is 1.82. The molecule has 0 saturated heterocycles. The molecule has 0 amide bonds. The first-order chi connectivity index (χ1) is 11.3. The molecule has 0 bridgehead atoms. The van der Waals surface area contributed by atoms with Crippen LogP contribution in [0, 0.1) is 11.3 Å². The first kappa shape index (κ1) is 15.2. The third-order valence-electron chi connectivity index (χ3n) is 3.43. The minimum atomic E-state index is 0.389. The second kappa shape index (κ2) is 6.59. The number of thioether (sulfide) groups is 1. The van der Waals surface area contributed by atoms with Crippen molar-refractivity contribution >= 4 is 22.7 Å². The van der Waals surface area contributed by atoms with Crippen LogP contribution in [0.3, 0.4) is 0 Å². The van der Waals surface area contributed by atoms with Crippen LogP contribution in [0.2, 0.25) is 0 Å². The molecule has 3 rings (SSSR count). The van der Waals surface area contributed by atoms with E-state index in [9.17, 15) is 5.26 Å². The molecule has 0 atom stereocenters. The van der Waals surface area contributed by atoms with Gasteiger partial charge in [-0.3, -0.25) is 4.98 Å². The van der Waals surface area contributed by atoms with Crippen LogP contribution in [-0.2, 0) is 0 Å². The molecule has 4 nitrogen and oxygen atoms in total. The summed E-state index contributed by atoms with van der Waals surface area (Å²) in [5.41, 5.74) is 1.06. The van der Waals surface area contributed by atoms with E-state index in [1.54, 1.807) is 18.9 Å². The number of para-hydroxylation sites is 1. The highest BCUT2D eigenvalue weighted by Crippen LogP contribution is 2.36. The summed E-state index contributed by atoms with van der Waals surface area (Å²) in [6.07, 6.45) is 3.53. The standard InChI is InChI=1S/C18H14N2O2S/c1-21-16-5-3-4-15-17(16)20-11-12(10-19)18(15)22-13-6-8-14(23-2)9-7-13/h3-9,11H,1-2H3. The molecular weight excluding hydrogens is 308 g/mol. The van der Waals surface area contributed by atoms with Crippen LogP contribution in [-0.4, -0.2) is 18.3 Å². The minimum Gasteiger partial charge on any atom is -0.494 e. The van der Waals surface area contributed by atoms with Crippen LogP contribution in [0.25, 0.3) is 10.9 Å². The lowest BCUT2D eigenvalue weighted by Gasteiger charge is -2.12. The van der Waals surface area contributed by atoms with E-state index in [-0.39, 0.29) is 0 Å². The summed E-state index contributed by atoms with van der Waals surface area (Å²) < 4.78 is 11.3. The molecule has 114 valence electrons. The summed E-state index contributed by atoms with van der Waals surface area (Å²) in [6.45, 7) is 0. The van der Waals surface area contributed by atoms with Gasteiger partial charge in [0.2, 0.25) is 0 Å². The van der Waals surface area contributed by atoms with Crippen LogP contribution in [0.5, 0.6) is 17.2 Å². The quantitative estimate of drug-likeness (QED) is 0.656. The van der Waals surface area contributed by atoms with Crippen LogP contribution in [0.15, 0.2) is 53.6 Å². The first-order valence-corrected chi connectivity index (χ1v) is 8.17. The summed E-state index contributed by atoms with van der Waals surface area (Å²) in [4.78, 5) is 5.47. The molecule has 1 aromatic heterocycles. The first-order valence-electron chi connectivity index (χ1n) is 6.94. The van der Waals surface area contributed by atoms with Gasteiger partial charge in [-0.25, -0.2) is 0 Å². The smallest absolute Gasteiger partial charge is 0.156 e. The number of hydrogen-bond acceptors (Lipinski definition) is 5. The van der Waals surface area contributed by atoms with Gasteiger partial charge in [-0.1, -0.05) is 6.07 Å². The van der Waals surface area contributed by atoms with Crippen molar-refractivity contribution in [3.8, 4) is 23.3 Å². The predicted octanol–water partition coefficient (Wildman–Crippen LogP) is 4.63. The number of benzene rings is 2. The Balaban J connectivity index is 2.12. The van der Waals surface area contributed by atoms with Crippen molar-refractivity contribution in [1.29, 1.82) is 5.26 Å². The van der Waals surface area contributed by atoms with Crippen LogP contribution >= 0.6 is 11.8 Å². The number of hydrogen-bond donors (Lipinski definition) is 0. The monoisotopic (exact) mass is 322 g/mol. The second-order valence-corrected chi connectivity index (χ2v) is 5.63. The van der Waals surface area contributed by atoms with Gasteiger partial charge in [-0.15, -0.1) is 11.8 Å². The van der Waals surface area contributed by atoms with Crippen LogP contribution in [0.4, 0.5) is 0 Å². The molecule has 0 spiro atoms. The van der Waals surface area contributed by atoms with E-state index in [4.69, 9.17) is 9.47 Å². The Morgan fingerprint density at radius 3 is 2.57 bits per heavy atom. The van der Waals surface area contributed by atoms with Gasteiger partial charge >= 0.3 is 0 Å². The number of fused-ring (bicyclic) bond motifs is 1. The maximum absolute atomic E-state index is 9.36. The normalized spacial score (nSPS) is 10.3. The van der Waals surface area contributed by atoms with Gasteiger partial charge in [0.1, 0.15) is 28.6 Å². The molecule has 0 unspecified atom stereocenters. The molecule has 1 heterocycles. The number of methoxy groups -OCH3 is 1. The number of pyridine rings is 1. The zero-order valence-corrected chi connectivity index (χ0v) is 13.6. The van der Waals surface area contributed by atoms with Crippen LogP contribution in [0.1, 0.15) is 5.56 Å². The third-order valence-corrected chi connectivity index (χ3v) is 4.17. The van der Waals surface area contributed by atoms with E-state index in [1.165, 1.54) is 6.20 Å². The van der Waals surface area contributed by atoms with E-state index < -0.39 is 0 Å². The number of rotatable bonds is 4. The highest BCUT2D eigenvalue weighted by atomic mass is 32.2. The van der Waals surface area contributed by atoms with Crippen LogP contribution < -0.4 is 9.47 Å². The molecule has 2 aromatic carbocycles. The van der Waals surface area contributed by atoms with Gasteiger partial charge in [0.25, 0.3) is 0 Å². The maximum atomic E-state index is 9.36. The molecule has 0 aliphatic rings. The molecule has 23 heavy (non-hydrogen) atoms. The Kier molecular flexibility index (Phi) is 4.35. The Morgan fingerprint density at radius 2 is 1.91 bits per heavy atom. The van der Waals surface area contributed by atoms with Crippen molar-refractivity contribution in [1.82, 2.24) is 4.98 Å². The third kappa shape index (κ3) is 2.94. The van der Waals surface area contributed by atoms with Gasteiger partial charge in [-0.05, 0) is 42.7 Å². The fraction of sp³-hybridized carbons (Fsp3) is 0.111. The highest BCUT2D eigenvalue weighted by molar-refractivity contribution is 7.98. The molecule has 5 heteroatoms. The van der Waals surface area contributed by atoms with Crippen molar-refractivity contribution in [3.63, 3.8) is 0 Å². The van der Waals surface area contributed by atoms with Gasteiger partial charge < -0.3 is 9.47 Å². The maximum Gasteiger partial charge on any atom is 0.156 e. The van der Waals surface area contributed by atoms with Gasteiger partial charge in [0.15, 0.2) is 5.75 Å².